The number of amides is 1. The Morgan fingerprint density at radius 2 is 1.89 bits per heavy atom. The topological polar surface area (TPSA) is 29.1 Å². The summed E-state index contributed by atoms with van der Waals surface area (Å²) in [6.45, 7) is 3.58. The van der Waals surface area contributed by atoms with Gasteiger partial charge < -0.3 is 5.32 Å². The minimum atomic E-state index is -0.312. The van der Waals surface area contributed by atoms with Gasteiger partial charge in [-0.15, -0.1) is 0 Å². The van der Waals surface area contributed by atoms with E-state index in [1.165, 1.54) is 18.2 Å². The third-order valence-corrected chi connectivity index (χ3v) is 3.48. The van der Waals surface area contributed by atoms with Crippen molar-refractivity contribution in [1.82, 2.24) is 0 Å². The van der Waals surface area contributed by atoms with Gasteiger partial charge in [-0.05, 0) is 71.2 Å². The summed E-state index contributed by atoms with van der Waals surface area (Å²) in [6.07, 6.45) is 0. The molecule has 0 aliphatic carbocycles. The van der Waals surface area contributed by atoms with Gasteiger partial charge in [0.1, 0.15) is 5.82 Å². The summed E-state index contributed by atoms with van der Waals surface area (Å²) in [6, 6.07) is 10.0. The molecule has 0 saturated heterocycles. The zero-order valence-electron chi connectivity index (χ0n) is 10.6. The molecule has 0 heterocycles. The Bertz CT molecular complexity index is 640. The van der Waals surface area contributed by atoms with Crippen molar-refractivity contribution in [2.75, 3.05) is 5.32 Å². The van der Waals surface area contributed by atoms with Crippen LogP contribution in [0, 0.1) is 19.7 Å². The smallest absolute Gasteiger partial charge is 0.255 e. The molecule has 19 heavy (non-hydrogen) atoms. The summed E-state index contributed by atoms with van der Waals surface area (Å²) < 4.78 is 14.0. The number of benzene rings is 2. The van der Waals surface area contributed by atoms with Crippen LogP contribution < -0.4 is 5.32 Å². The predicted molar refractivity (Wildman–Crippen MR) is 78.0 cm³/mol. The number of hydrogen-bond acceptors (Lipinski definition) is 1. The Morgan fingerprint density at radius 3 is 2.58 bits per heavy atom. The van der Waals surface area contributed by atoms with E-state index in [-0.39, 0.29) is 11.7 Å². The van der Waals surface area contributed by atoms with Crippen molar-refractivity contribution >= 4 is 27.5 Å². The average Bonchev–Trinajstić information content (AvgIpc) is 2.37. The van der Waals surface area contributed by atoms with Gasteiger partial charge in [-0.25, -0.2) is 4.39 Å². The third-order valence-electron chi connectivity index (χ3n) is 2.79. The molecule has 0 aromatic heterocycles. The number of carbonyl (C=O) groups is 1. The van der Waals surface area contributed by atoms with Gasteiger partial charge in [0.2, 0.25) is 0 Å². The molecule has 0 bridgehead atoms. The molecular formula is C15H13BrFNO. The molecule has 0 aliphatic rings. The third kappa shape index (κ3) is 3.20. The monoisotopic (exact) mass is 321 g/mol. The molecular weight excluding hydrogens is 309 g/mol. The lowest BCUT2D eigenvalue weighted by molar-refractivity contribution is 0.102. The number of aryl methyl sites for hydroxylation is 2. The highest BCUT2D eigenvalue weighted by molar-refractivity contribution is 9.10. The molecule has 2 rings (SSSR count). The van der Waals surface area contributed by atoms with Crippen molar-refractivity contribution in [3.8, 4) is 0 Å². The van der Waals surface area contributed by atoms with Crippen LogP contribution in [-0.4, -0.2) is 5.91 Å². The minimum absolute atomic E-state index is 0.255. The first-order valence-electron chi connectivity index (χ1n) is 5.81. The maximum absolute atomic E-state index is 13.2. The van der Waals surface area contributed by atoms with Crippen LogP contribution >= 0.6 is 15.9 Å². The summed E-state index contributed by atoms with van der Waals surface area (Å²) in [7, 11) is 0. The van der Waals surface area contributed by atoms with Gasteiger partial charge in [-0.3, -0.25) is 4.79 Å². The highest BCUT2D eigenvalue weighted by Crippen LogP contribution is 2.24. The second-order valence-corrected chi connectivity index (χ2v) is 5.26. The Morgan fingerprint density at radius 1 is 1.16 bits per heavy atom. The fraction of sp³-hybridized carbons (Fsp3) is 0.133. The van der Waals surface area contributed by atoms with Gasteiger partial charge in [-0.1, -0.05) is 6.07 Å². The van der Waals surface area contributed by atoms with E-state index in [4.69, 9.17) is 0 Å². The van der Waals surface area contributed by atoms with Crippen LogP contribution in [0.15, 0.2) is 40.9 Å². The van der Waals surface area contributed by atoms with Gasteiger partial charge in [0.05, 0.1) is 5.69 Å². The zero-order valence-corrected chi connectivity index (χ0v) is 12.2. The molecule has 0 fully saturated rings. The van der Waals surface area contributed by atoms with Gasteiger partial charge in [0, 0.05) is 10.0 Å². The average molecular weight is 322 g/mol. The van der Waals surface area contributed by atoms with Crippen molar-refractivity contribution in [1.29, 1.82) is 0 Å². The Balaban J connectivity index is 2.25. The van der Waals surface area contributed by atoms with Crippen molar-refractivity contribution in [3.63, 3.8) is 0 Å². The highest BCUT2D eigenvalue weighted by Gasteiger charge is 2.10. The van der Waals surface area contributed by atoms with E-state index in [0.717, 1.165) is 10.0 Å². The first-order chi connectivity index (χ1) is 8.97. The van der Waals surface area contributed by atoms with Crippen LogP contribution in [0.2, 0.25) is 0 Å². The summed E-state index contributed by atoms with van der Waals surface area (Å²) in [4.78, 5) is 12.1. The van der Waals surface area contributed by atoms with Gasteiger partial charge in [0.15, 0.2) is 0 Å². The normalized spacial score (nSPS) is 10.3. The lowest BCUT2D eigenvalue weighted by Crippen LogP contribution is -2.12. The van der Waals surface area contributed by atoms with E-state index in [2.05, 4.69) is 21.2 Å². The largest absolute Gasteiger partial charge is 0.321 e. The van der Waals surface area contributed by atoms with Crippen LogP contribution in [0.4, 0.5) is 10.1 Å². The van der Waals surface area contributed by atoms with E-state index in [1.54, 1.807) is 6.92 Å². The number of anilines is 1. The number of carbonyl (C=O) groups excluding carboxylic acids is 1. The number of rotatable bonds is 2. The quantitative estimate of drug-likeness (QED) is 0.869. The molecule has 0 atom stereocenters. The zero-order chi connectivity index (χ0) is 14.0. The second-order valence-electron chi connectivity index (χ2n) is 4.40. The molecule has 2 aromatic carbocycles. The van der Waals surface area contributed by atoms with Crippen LogP contribution in [0.25, 0.3) is 0 Å². The molecule has 1 N–H and O–H groups in total. The molecule has 4 heteroatoms. The Kier molecular flexibility index (Phi) is 4.00. The van der Waals surface area contributed by atoms with Crippen molar-refractivity contribution in [2.45, 2.75) is 13.8 Å². The van der Waals surface area contributed by atoms with E-state index >= 15 is 0 Å². The summed E-state index contributed by atoms with van der Waals surface area (Å²) in [5, 5.41) is 2.81. The molecule has 2 nitrogen and oxygen atoms in total. The lowest BCUT2D eigenvalue weighted by atomic mass is 10.1. The van der Waals surface area contributed by atoms with Gasteiger partial charge >= 0.3 is 0 Å². The summed E-state index contributed by atoms with van der Waals surface area (Å²) in [5.74, 6) is -0.567. The van der Waals surface area contributed by atoms with E-state index in [1.807, 2.05) is 25.1 Å². The Labute approximate surface area is 119 Å². The van der Waals surface area contributed by atoms with Crippen LogP contribution in [0.1, 0.15) is 21.5 Å². The molecule has 2 aromatic rings. The van der Waals surface area contributed by atoms with E-state index < -0.39 is 0 Å². The first-order valence-corrected chi connectivity index (χ1v) is 6.60. The molecule has 1 amide bonds. The van der Waals surface area contributed by atoms with Gasteiger partial charge in [-0.2, -0.15) is 0 Å². The van der Waals surface area contributed by atoms with Crippen molar-refractivity contribution < 1.29 is 9.18 Å². The van der Waals surface area contributed by atoms with Crippen LogP contribution in [-0.2, 0) is 0 Å². The maximum atomic E-state index is 13.2. The van der Waals surface area contributed by atoms with E-state index in [9.17, 15) is 9.18 Å². The molecule has 0 aliphatic heterocycles. The molecule has 0 saturated carbocycles. The molecule has 0 spiro atoms. The SMILES string of the molecule is Cc1ccc(Br)c(NC(=O)c2ccc(F)c(C)c2)c1. The van der Waals surface area contributed by atoms with Crippen LogP contribution in [0.3, 0.4) is 0 Å². The Hall–Kier alpha value is -1.68. The summed E-state index contributed by atoms with van der Waals surface area (Å²) in [5.41, 5.74) is 2.64. The fourth-order valence-electron chi connectivity index (χ4n) is 1.72. The highest BCUT2D eigenvalue weighted by atomic mass is 79.9. The predicted octanol–water partition coefficient (Wildman–Crippen LogP) is 4.46. The molecule has 0 unspecified atom stereocenters. The fourth-order valence-corrected chi connectivity index (χ4v) is 2.06. The number of halogens is 2. The van der Waals surface area contributed by atoms with E-state index in [0.29, 0.717) is 16.8 Å². The standard InChI is InChI=1S/C15H13BrFNO/c1-9-3-5-12(16)14(7-9)18-15(19)11-4-6-13(17)10(2)8-11/h3-8H,1-2H3,(H,18,19). The van der Waals surface area contributed by atoms with Crippen LogP contribution in [0.5, 0.6) is 0 Å². The molecule has 98 valence electrons. The second kappa shape index (κ2) is 5.53. The van der Waals surface area contributed by atoms with Crippen molar-refractivity contribution in [3.05, 3.63) is 63.4 Å². The maximum Gasteiger partial charge on any atom is 0.255 e. The number of hydrogen-bond donors (Lipinski definition) is 1. The van der Waals surface area contributed by atoms with Gasteiger partial charge in [0.25, 0.3) is 5.91 Å². The lowest BCUT2D eigenvalue weighted by Gasteiger charge is -2.09. The number of nitrogens with one attached hydrogen (secondary N) is 1. The molecule has 0 radical (unpaired) electrons. The first kappa shape index (κ1) is 13.7. The summed E-state index contributed by atoms with van der Waals surface area (Å²) >= 11 is 3.38. The minimum Gasteiger partial charge on any atom is -0.321 e. The van der Waals surface area contributed by atoms with Crippen molar-refractivity contribution in [2.24, 2.45) is 0 Å².